The third-order valence-electron chi connectivity index (χ3n) is 3.14. The van der Waals surface area contributed by atoms with Gasteiger partial charge in [-0.25, -0.2) is 9.50 Å². The van der Waals surface area contributed by atoms with E-state index in [1.165, 1.54) is 7.11 Å². The molecule has 0 fully saturated rings. The Bertz CT molecular complexity index is 606. The minimum atomic E-state index is -0.324. The summed E-state index contributed by atoms with van der Waals surface area (Å²) in [5.41, 5.74) is 2.71. The van der Waals surface area contributed by atoms with Crippen molar-refractivity contribution in [3.05, 3.63) is 29.7 Å². The van der Waals surface area contributed by atoms with Crippen molar-refractivity contribution >= 4 is 11.6 Å². The van der Waals surface area contributed by atoms with E-state index in [1.54, 1.807) is 10.7 Å². The lowest BCUT2D eigenvalue weighted by Gasteiger charge is -2.19. The van der Waals surface area contributed by atoms with Gasteiger partial charge in [-0.1, -0.05) is 13.8 Å². The fraction of sp³-hybridized carbons (Fsp3) is 0.500. The highest BCUT2D eigenvalue weighted by atomic mass is 16.5. The van der Waals surface area contributed by atoms with Crippen molar-refractivity contribution in [3.63, 3.8) is 0 Å². The molecule has 108 valence electrons. The molecule has 6 heteroatoms. The molecule has 0 aliphatic carbocycles. The molecule has 0 saturated carbocycles. The second-order valence-corrected chi connectivity index (χ2v) is 5.18. The molecule has 1 unspecified atom stereocenters. The highest BCUT2D eigenvalue weighted by Crippen LogP contribution is 2.07. The van der Waals surface area contributed by atoms with E-state index in [4.69, 9.17) is 4.74 Å². The number of esters is 1. The van der Waals surface area contributed by atoms with Crippen molar-refractivity contribution in [2.24, 2.45) is 5.92 Å². The van der Waals surface area contributed by atoms with E-state index in [0.29, 0.717) is 6.54 Å². The van der Waals surface area contributed by atoms with E-state index >= 15 is 0 Å². The minimum Gasteiger partial charge on any atom is -0.468 e. The molecule has 0 amide bonds. The zero-order chi connectivity index (χ0) is 14.7. The smallest absolute Gasteiger partial charge is 0.323 e. The van der Waals surface area contributed by atoms with Crippen LogP contribution in [-0.2, 0) is 16.1 Å². The van der Waals surface area contributed by atoms with Crippen LogP contribution in [0.4, 0.5) is 0 Å². The van der Waals surface area contributed by atoms with Crippen LogP contribution in [0.2, 0.25) is 0 Å². The lowest BCUT2D eigenvalue weighted by Crippen LogP contribution is -2.41. The Hall–Kier alpha value is -1.95. The van der Waals surface area contributed by atoms with E-state index in [0.717, 1.165) is 16.9 Å². The van der Waals surface area contributed by atoms with Crippen LogP contribution in [0.3, 0.4) is 0 Å². The summed E-state index contributed by atoms with van der Waals surface area (Å²) in [4.78, 5) is 16.0. The number of aromatic nitrogens is 3. The number of rotatable bonds is 5. The summed E-state index contributed by atoms with van der Waals surface area (Å²) in [6.45, 7) is 6.43. The van der Waals surface area contributed by atoms with Crippen molar-refractivity contribution in [1.29, 1.82) is 0 Å². The van der Waals surface area contributed by atoms with Crippen LogP contribution in [-0.4, -0.2) is 33.7 Å². The largest absolute Gasteiger partial charge is 0.468 e. The molecule has 0 aliphatic heterocycles. The van der Waals surface area contributed by atoms with Crippen LogP contribution in [0.25, 0.3) is 5.65 Å². The maximum Gasteiger partial charge on any atom is 0.323 e. The van der Waals surface area contributed by atoms with Gasteiger partial charge >= 0.3 is 5.97 Å². The maximum atomic E-state index is 11.7. The molecule has 2 heterocycles. The number of aryl methyl sites for hydroxylation is 1. The predicted octanol–water partition coefficient (Wildman–Crippen LogP) is 1.32. The summed E-state index contributed by atoms with van der Waals surface area (Å²) in [5.74, 6) is -0.0879. The first kappa shape index (κ1) is 14.5. The molecule has 1 N–H and O–H groups in total. The third-order valence-corrected chi connectivity index (χ3v) is 3.14. The average molecular weight is 276 g/mol. The number of hydrogen-bond donors (Lipinski definition) is 1. The van der Waals surface area contributed by atoms with Gasteiger partial charge in [-0.15, -0.1) is 0 Å². The molecule has 0 radical (unpaired) electrons. The Labute approximate surface area is 118 Å². The van der Waals surface area contributed by atoms with Crippen molar-refractivity contribution < 1.29 is 9.53 Å². The zero-order valence-electron chi connectivity index (χ0n) is 12.3. The molecule has 2 aromatic rings. The molecule has 20 heavy (non-hydrogen) atoms. The first-order valence-corrected chi connectivity index (χ1v) is 6.63. The normalized spacial score (nSPS) is 12.8. The van der Waals surface area contributed by atoms with Crippen molar-refractivity contribution in [1.82, 2.24) is 19.9 Å². The van der Waals surface area contributed by atoms with Crippen LogP contribution in [0.1, 0.15) is 25.1 Å². The standard InChI is InChI=1S/C14H20N4O2/c1-9(2)13(14(19)20-4)16-7-11-6-15-12-5-10(3)17-18(12)8-11/h5-6,8-9,13,16H,7H2,1-4H3. The van der Waals surface area contributed by atoms with Gasteiger partial charge < -0.3 is 4.74 Å². The number of hydrogen-bond acceptors (Lipinski definition) is 5. The molecule has 1 atom stereocenters. The second-order valence-electron chi connectivity index (χ2n) is 5.18. The van der Waals surface area contributed by atoms with Crippen molar-refractivity contribution in [3.8, 4) is 0 Å². The predicted molar refractivity (Wildman–Crippen MR) is 75.2 cm³/mol. The molecule has 0 aliphatic rings. The molecule has 0 aromatic carbocycles. The van der Waals surface area contributed by atoms with Gasteiger partial charge in [0.05, 0.1) is 12.8 Å². The highest BCUT2D eigenvalue weighted by Gasteiger charge is 2.22. The number of carbonyl (C=O) groups is 1. The third kappa shape index (κ3) is 3.14. The van der Waals surface area contributed by atoms with E-state index in [-0.39, 0.29) is 17.9 Å². The van der Waals surface area contributed by atoms with Gasteiger partial charge in [-0.3, -0.25) is 10.1 Å². The number of ether oxygens (including phenoxy) is 1. The number of nitrogens with one attached hydrogen (secondary N) is 1. The summed E-state index contributed by atoms with van der Waals surface area (Å²) >= 11 is 0. The first-order chi connectivity index (χ1) is 9.51. The first-order valence-electron chi connectivity index (χ1n) is 6.63. The Kier molecular flexibility index (Phi) is 4.34. The van der Waals surface area contributed by atoms with Crippen LogP contribution in [0, 0.1) is 12.8 Å². The van der Waals surface area contributed by atoms with E-state index in [9.17, 15) is 4.79 Å². The monoisotopic (exact) mass is 276 g/mol. The van der Waals surface area contributed by atoms with Gasteiger partial charge in [-0.2, -0.15) is 5.10 Å². The molecule has 6 nitrogen and oxygen atoms in total. The average Bonchev–Trinajstić information content (AvgIpc) is 2.77. The van der Waals surface area contributed by atoms with E-state index < -0.39 is 0 Å². The van der Waals surface area contributed by atoms with Gasteiger partial charge in [0.2, 0.25) is 0 Å². The van der Waals surface area contributed by atoms with E-state index in [1.807, 2.05) is 33.0 Å². The molecule has 2 rings (SSSR count). The number of nitrogens with zero attached hydrogens (tertiary/aromatic N) is 3. The molecule has 0 spiro atoms. The summed E-state index contributed by atoms with van der Waals surface area (Å²) in [6.07, 6.45) is 3.70. The minimum absolute atomic E-state index is 0.158. The van der Waals surface area contributed by atoms with Crippen LogP contribution in [0.5, 0.6) is 0 Å². The van der Waals surface area contributed by atoms with E-state index in [2.05, 4.69) is 15.4 Å². The van der Waals surface area contributed by atoms with Gasteiger partial charge in [-0.05, 0) is 12.8 Å². The van der Waals surface area contributed by atoms with Crippen LogP contribution < -0.4 is 5.32 Å². The highest BCUT2D eigenvalue weighted by molar-refractivity contribution is 5.75. The van der Waals surface area contributed by atoms with Gasteiger partial charge in [0, 0.05) is 30.6 Å². The molecule has 0 saturated heterocycles. The summed E-state index contributed by atoms with van der Waals surface area (Å²) in [7, 11) is 1.40. The summed E-state index contributed by atoms with van der Waals surface area (Å²) in [6, 6.07) is 1.60. The fourth-order valence-corrected chi connectivity index (χ4v) is 2.07. The Morgan fingerprint density at radius 2 is 2.25 bits per heavy atom. The lowest BCUT2D eigenvalue weighted by atomic mass is 10.0. The Balaban J connectivity index is 2.09. The van der Waals surface area contributed by atoms with Gasteiger partial charge in [0.15, 0.2) is 5.65 Å². The topological polar surface area (TPSA) is 68.5 Å². The fourth-order valence-electron chi connectivity index (χ4n) is 2.07. The number of carbonyl (C=O) groups excluding carboxylic acids is 1. The summed E-state index contributed by atoms with van der Waals surface area (Å²) < 4.78 is 6.55. The van der Waals surface area contributed by atoms with Crippen molar-refractivity contribution in [2.75, 3.05) is 7.11 Å². The van der Waals surface area contributed by atoms with Gasteiger partial charge in [0.1, 0.15) is 6.04 Å². The molecular weight excluding hydrogens is 256 g/mol. The van der Waals surface area contributed by atoms with Crippen LogP contribution in [0.15, 0.2) is 18.5 Å². The maximum absolute atomic E-state index is 11.7. The Morgan fingerprint density at radius 3 is 2.90 bits per heavy atom. The number of fused-ring (bicyclic) bond motifs is 1. The second kappa shape index (κ2) is 6.00. The molecular formula is C14H20N4O2. The zero-order valence-corrected chi connectivity index (χ0v) is 12.3. The number of methoxy groups -OCH3 is 1. The Morgan fingerprint density at radius 1 is 1.50 bits per heavy atom. The molecule has 2 aromatic heterocycles. The molecule has 0 bridgehead atoms. The van der Waals surface area contributed by atoms with Gasteiger partial charge in [0.25, 0.3) is 0 Å². The van der Waals surface area contributed by atoms with Crippen LogP contribution >= 0.6 is 0 Å². The quantitative estimate of drug-likeness (QED) is 0.834. The lowest BCUT2D eigenvalue weighted by molar-refractivity contribution is -0.144. The summed E-state index contributed by atoms with van der Waals surface area (Å²) in [5, 5.41) is 7.52. The van der Waals surface area contributed by atoms with Crippen molar-refractivity contribution in [2.45, 2.75) is 33.4 Å². The SMILES string of the molecule is COC(=O)C(NCc1cnc2cc(C)nn2c1)C(C)C.